The molecule has 0 spiro atoms. The number of benzene rings is 1. The fourth-order valence-electron chi connectivity index (χ4n) is 1.01. The Hall–Kier alpha value is -1.09. The molecule has 0 atom stereocenters. The Morgan fingerprint density at radius 1 is 1.64 bits per heavy atom. The summed E-state index contributed by atoms with van der Waals surface area (Å²) in [5.41, 5.74) is 2.25. The van der Waals surface area contributed by atoms with Gasteiger partial charge in [0.05, 0.1) is 0 Å². The Morgan fingerprint density at radius 3 is 2.93 bits per heavy atom. The third kappa shape index (κ3) is 3.00. The first-order valence-electron chi connectivity index (χ1n) is 4.29. The Labute approximate surface area is 92.1 Å². The van der Waals surface area contributed by atoms with E-state index in [9.17, 15) is 4.79 Å². The fraction of sp³-hybridized carbons (Fsp3) is 0.182. The molecule has 1 aromatic carbocycles. The fourth-order valence-corrected chi connectivity index (χ4v) is 1.43. The van der Waals surface area contributed by atoms with E-state index in [1.54, 1.807) is 0 Å². The largest absolute Gasteiger partial charge is 0.348 e. The van der Waals surface area contributed by atoms with Gasteiger partial charge in [-0.1, -0.05) is 34.6 Å². The second-order valence-electron chi connectivity index (χ2n) is 3.01. The van der Waals surface area contributed by atoms with Crippen LogP contribution in [-0.4, -0.2) is 5.91 Å². The van der Waals surface area contributed by atoms with Crippen LogP contribution in [0.4, 0.5) is 0 Å². The van der Waals surface area contributed by atoms with Crippen LogP contribution in [-0.2, 0) is 11.3 Å². The van der Waals surface area contributed by atoms with Crippen LogP contribution < -0.4 is 5.32 Å². The van der Waals surface area contributed by atoms with Crippen molar-refractivity contribution >= 4 is 21.8 Å². The van der Waals surface area contributed by atoms with Gasteiger partial charge in [-0.05, 0) is 30.2 Å². The van der Waals surface area contributed by atoms with Crippen molar-refractivity contribution in [1.82, 2.24) is 5.32 Å². The molecular weight excluding hydrogens is 242 g/mol. The number of hydrogen-bond acceptors (Lipinski definition) is 1. The molecule has 2 nitrogen and oxygen atoms in total. The van der Waals surface area contributed by atoms with E-state index in [1.165, 1.54) is 11.6 Å². The van der Waals surface area contributed by atoms with Gasteiger partial charge in [0.1, 0.15) is 0 Å². The SMILES string of the molecule is C=CC(=O)NCc1ccc(C)c(Br)c1. The van der Waals surface area contributed by atoms with Gasteiger partial charge >= 0.3 is 0 Å². The van der Waals surface area contributed by atoms with Crippen LogP contribution in [0.25, 0.3) is 0 Å². The zero-order valence-electron chi connectivity index (χ0n) is 8.01. The first-order chi connectivity index (χ1) is 6.63. The summed E-state index contributed by atoms with van der Waals surface area (Å²) in [6.45, 7) is 5.94. The van der Waals surface area contributed by atoms with Gasteiger partial charge in [0.2, 0.25) is 5.91 Å². The van der Waals surface area contributed by atoms with Crippen molar-refractivity contribution in [3.8, 4) is 0 Å². The molecule has 0 saturated carbocycles. The van der Waals surface area contributed by atoms with Crippen molar-refractivity contribution in [2.45, 2.75) is 13.5 Å². The minimum Gasteiger partial charge on any atom is -0.348 e. The van der Waals surface area contributed by atoms with Crippen LogP contribution in [0.15, 0.2) is 35.3 Å². The molecule has 0 fully saturated rings. The van der Waals surface area contributed by atoms with Gasteiger partial charge in [-0.2, -0.15) is 0 Å². The smallest absolute Gasteiger partial charge is 0.243 e. The Balaban J connectivity index is 2.64. The average Bonchev–Trinajstić information content (AvgIpc) is 2.19. The molecule has 1 aromatic rings. The van der Waals surface area contributed by atoms with E-state index in [0.29, 0.717) is 6.54 Å². The highest BCUT2D eigenvalue weighted by atomic mass is 79.9. The maximum absolute atomic E-state index is 10.9. The van der Waals surface area contributed by atoms with Crippen molar-refractivity contribution in [3.63, 3.8) is 0 Å². The number of amides is 1. The Kier molecular flexibility index (Phi) is 3.89. The molecule has 0 unspecified atom stereocenters. The number of hydrogen-bond donors (Lipinski definition) is 1. The van der Waals surface area contributed by atoms with E-state index in [-0.39, 0.29) is 5.91 Å². The first-order valence-corrected chi connectivity index (χ1v) is 5.08. The molecule has 0 aliphatic rings. The van der Waals surface area contributed by atoms with Crippen molar-refractivity contribution in [3.05, 3.63) is 46.5 Å². The van der Waals surface area contributed by atoms with Gasteiger partial charge in [0.25, 0.3) is 0 Å². The topological polar surface area (TPSA) is 29.1 Å². The van der Waals surface area contributed by atoms with Crippen LogP contribution in [0, 0.1) is 6.92 Å². The molecule has 14 heavy (non-hydrogen) atoms. The third-order valence-corrected chi connectivity index (χ3v) is 2.74. The molecule has 0 aliphatic carbocycles. The van der Waals surface area contributed by atoms with Gasteiger partial charge in [-0.25, -0.2) is 0 Å². The summed E-state index contributed by atoms with van der Waals surface area (Å²) in [6.07, 6.45) is 1.27. The average molecular weight is 254 g/mol. The van der Waals surface area contributed by atoms with Crippen LogP contribution in [0.3, 0.4) is 0 Å². The maximum Gasteiger partial charge on any atom is 0.243 e. The van der Waals surface area contributed by atoms with E-state index in [2.05, 4.69) is 27.8 Å². The zero-order valence-corrected chi connectivity index (χ0v) is 9.60. The number of halogens is 1. The highest BCUT2D eigenvalue weighted by Gasteiger charge is 1.98. The molecule has 3 heteroatoms. The summed E-state index contributed by atoms with van der Waals surface area (Å²) in [5.74, 6) is -0.151. The minimum absolute atomic E-state index is 0.151. The molecule has 0 radical (unpaired) electrons. The van der Waals surface area contributed by atoms with Crippen molar-refractivity contribution in [1.29, 1.82) is 0 Å². The lowest BCUT2D eigenvalue weighted by Crippen LogP contribution is -2.19. The molecule has 0 aliphatic heterocycles. The highest BCUT2D eigenvalue weighted by Crippen LogP contribution is 2.17. The number of carbonyl (C=O) groups excluding carboxylic acids is 1. The Morgan fingerprint density at radius 2 is 2.36 bits per heavy atom. The van der Waals surface area contributed by atoms with Crippen LogP contribution in [0.2, 0.25) is 0 Å². The third-order valence-electron chi connectivity index (χ3n) is 1.89. The highest BCUT2D eigenvalue weighted by molar-refractivity contribution is 9.10. The van der Waals surface area contributed by atoms with Crippen molar-refractivity contribution < 1.29 is 4.79 Å². The normalized spacial score (nSPS) is 9.57. The first kappa shape index (κ1) is 11.0. The van der Waals surface area contributed by atoms with E-state index in [4.69, 9.17) is 0 Å². The summed E-state index contributed by atoms with van der Waals surface area (Å²) < 4.78 is 1.06. The van der Waals surface area contributed by atoms with Gasteiger partial charge in [-0.3, -0.25) is 4.79 Å². The van der Waals surface area contributed by atoms with Gasteiger partial charge in [-0.15, -0.1) is 0 Å². The predicted octanol–water partition coefficient (Wildman–Crippen LogP) is 2.56. The molecule has 1 amide bonds. The molecule has 0 aromatic heterocycles. The van der Waals surface area contributed by atoms with Crippen LogP contribution in [0.5, 0.6) is 0 Å². The molecule has 1 N–H and O–H groups in total. The monoisotopic (exact) mass is 253 g/mol. The summed E-state index contributed by atoms with van der Waals surface area (Å²) in [4.78, 5) is 10.9. The summed E-state index contributed by atoms with van der Waals surface area (Å²) >= 11 is 3.44. The summed E-state index contributed by atoms with van der Waals surface area (Å²) in [5, 5.41) is 2.72. The lowest BCUT2D eigenvalue weighted by atomic mass is 10.1. The number of carbonyl (C=O) groups is 1. The Bertz CT molecular complexity index is 360. The molecule has 0 saturated heterocycles. The molecular formula is C11H12BrNO. The van der Waals surface area contributed by atoms with Crippen LogP contribution in [0.1, 0.15) is 11.1 Å². The van der Waals surface area contributed by atoms with E-state index in [0.717, 1.165) is 10.0 Å². The lowest BCUT2D eigenvalue weighted by Gasteiger charge is -2.04. The molecule has 1 rings (SSSR count). The van der Waals surface area contributed by atoms with Crippen molar-refractivity contribution in [2.24, 2.45) is 0 Å². The lowest BCUT2D eigenvalue weighted by molar-refractivity contribution is -0.116. The van der Waals surface area contributed by atoms with Crippen LogP contribution >= 0.6 is 15.9 Å². The second kappa shape index (κ2) is 4.96. The zero-order chi connectivity index (χ0) is 10.6. The van der Waals surface area contributed by atoms with E-state index >= 15 is 0 Å². The van der Waals surface area contributed by atoms with Crippen molar-refractivity contribution in [2.75, 3.05) is 0 Å². The van der Waals surface area contributed by atoms with Gasteiger partial charge < -0.3 is 5.32 Å². The molecule has 74 valence electrons. The quantitative estimate of drug-likeness (QED) is 0.825. The molecule has 0 heterocycles. The maximum atomic E-state index is 10.9. The van der Waals surface area contributed by atoms with E-state index in [1.807, 2.05) is 25.1 Å². The minimum atomic E-state index is -0.151. The summed E-state index contributed by atoms with van der Waals surface area (Å²) in [6, 6.07) is 6.00. The summed E-state index contributed by atoms with van der Waals surface area (Å²) in [7, 11) is 0. The predicted molar refractivity (Wildman–Crippen MR) is 60.9 cm³/mol. The van der Waals surface area contributed by atoms with Gasteiger partial charge in [0.15, 0.2) is 0 Å². The number of rotatable bonds is 3. The molecule has 0 bridgehead atoms. The number of aryl methyl sites for hydroxylation is 1. The number of nitrogens with one attached hydrogen (secondary N) is 1. The second-order valence-corrected chi connectivity index (χ2v) is 3.86. The van der Waals surface area contributed by atoms with E-state index < -0.39 is 0 Å². The standard InChI is InChI=1S/C11H12BrNO/c1-3-11(14)13-7-9-5-4-8(2)10(12)6-9/h3-6H,1,7H2,2H3,(H,13,14). The van der Waals surface area contributed by atoms with Gasteiger partial charge in [0, 0.05) is 11.0 Å².